The summed E-state index contributed by atoms with van der Waals surface area (Å²) in [6, 6.07) is 2.39. The zero-order chi connectivity index (χ0) is 16.5. The molecule has 1 aliphatic rings. The molecule has 2 rings (SSSR count). The van der Waals surface area contributed by atoms with Crippen LogP contribution >= 0.6 is 11.6 Å². The lowest BCUT2D eigenvalue weighted by molar-refractivity contribution is -0.139. The second-order valence-corrected chi connectivity index (χ2v) is 7.40. The fraction of sp³-hybridized carbons (Fsp3) is 0.538. The first-order valence-corrected chi connectivity index (χ1v) is 8.53. The van der Waals surface area contributed by atoms with Gasteiger partial charge in [0, 0.05) is 24.2 Å². The van der Waals surface area contributed by atoms with Gasteiger partial charge in [0.2, 0.25) is 10.0 Å². The number of rotatable bonds is 4. The molecule has 1 N–H and O–H groups in total. The van der Waals surface area contributed by atoms with E-state index in [1.807, 2.05) is 0 Å². The molecule has 0 aliphatic carbocycles. The van der Waals surface area contributed by atoms with Gasteiger partial charge in [-0.1, -0.05) is 11.6 Å². The summed E-state index contributed by atoms with van der Waals surface area (Å²) in [5.41, 5.74) is -1.23. The second kappa shape index (κ2) is 6.35. The standard InChI is InChI=1S/C13H16ClF3N2O2S/c1-18-8-10-3-2-6-19(10)22(20,21)12-5-4-9(14)7-11(12)13(15,16)17/h4-5,7,10,18H,2-3,6,8H2,1H3/t10-/m0/s1. The van der Waals surface area contributed by atoms with Gasteiger partial charge < -0.3 is 5.32 Å². The number of halogens is 4. The minimum atomic E-state index is -4.79. The lowest BCUT2D eigenvalue weighted by atomic mass is 10.2. The van der Waals surface area contributed by atoms with Crippen LogP contribution < -0.4 is 5.32 Å². The summed E-state index contributed by atoms with van der Waals surface area (Å²) in [5.74, 6) is 0. The number of nitrogens with one attached hydrogen (secondary N) is 1. The summed E-state index contributed by atoms with van der Waals surface area (Å²) in [6.07, 6.45) is -3.54. The zero-order valence-electron chi connectivity index (χ0n) is 11.8. The Morgan fingerprint density at radius 1 is 1.41 bits per heavy atom. The summed E-state index contributed by atoms with van der Waals surface area (Å²) < 4.78 is 65.9. The van der Waals surface area contributed by atoms with Crippen molar-refractivity contribution < 1.29 is 21.6 Å². The molecule has 1 saturated heterocycles. The summed E-state index contributed by atoms with van der Waals surface area (Å²) in [6.45, 7) is 0.614. The van der Waals surface area contributed by atoms with E-state index >= 15 is 0 Å². The van der Waals surface area contributed by atoms with E-state index in [-0.39, 0.29) is 17.6 Å². The molecule has 0 spiro atoms. The Bertz CT molecular complexity index is 649. The highest BCUT2D eigenvalue weighted by molar-refractivity contribution is 7.89. The number of benzene rings is 1. The first-order valence-electron chi connectivity index (χ1n) is 6.71. The van der Waals surface area contributed by atoms with Crippen LogP contribution in [-0.2, 0) is 16.2 Å². The van der Waals surface area contributed by atoms with E-state index < -0.39 is 26.7 Å². The molecule has 22 heavy (non-hydrogen) atoms. The van der Waals surface area contributed by atoms with E-state index in [9.17, 15) is 21.6 Å². The molecule has 124 valence electrons. The van der Waals surface area contributed by atoms with E-state index in [0.29, 0.717) is 25.5 Å². The Morgan fingerprint density at radius 3 is 2.68 bits per heavy atom. The Morgan fingerprint density at radius 2 is 2.09 bits per heavy atom. The molecule has 9 heteroatoms. The zero-order valence-corrected chi connectivity index (χ0v) is 13.4. The van der Waals surface area contributed by atoms with Gasteiger partial charge in [0.1, 0.15) is 0 Å². The third kappa shape index (κ3) is 3.40. The minimum Gasteiger partial charge on any atom is -0.318 e. The van der Waals surface area contributed by atoms with Crippen LogP contribution in [0, 0.1) is 0 Å². The summed E-state index contributed by atoms with van der Waals surface area (Å²) in [4.78, 5) is -0.743. The van der Waals surface area contributed by atoms with Gasteiger partial charge in [-0.25, -0.2) is 8.42 Å². The Hall–Kier alpha value is -0.830. The summed E-state index contributed by atoms with van der Waals surface area (Å²) in [5, 5.41) is 2.71. The maximum atomic E-state index is 13.1. The minimum absolute atomic E-state index is 0.153. The molecule has 1 fully saturated rings. The molecule has 0 saturated carbocycles. The monoisotopic (exact) mass is 356 g/mol. The van der Waals surface area contributed by atoms with Crippen molar-refractivity contribution in [1.82, 2.24) is 9.62 Å². The average molecular weight is 357 g/mol. The number of hydrogen-bond acceptors (Lipinski definition) is 3. The van der Waals surface area contributed by atoms with Crippen molar-refractivity contribution in [1.29, 1.82) is 0 Å². The van der Waals surface area contributed by atoms with Crippen LogP contribution in [0.4, 0.5) is 13.2 Å². The van der Waals surface area contributed by atoms with Crippen LogP contribution in [-0.4, -0.2) is 38.9 Å². The topological polar surface area (TPSA) is 49.4 Å². The van der Waals surface area contributed by atoms with Gasteiger partial charge in [-0.05, 0) is 38.1 Å². The normalized spacial score (nSPS) is 20.5. The lowest BCUT2D eigenvalue weighted by Crippen LogP contribution is -2.41. The van der Waals surface area contributed by atoms with Crippen molar-refractivity contribution in [2.75, 3.05) is 20.1 Å². The van der Waals surface area contributed by atoms with Gasteiger partial charge in [-0.2, -0.15) is 17.5 Å². The highest BCUT2D eigenvalue weighted by atomic mass is 35.5. The fourth-order valence-electron chi connectivity index (χ4n) is 2.64. The molecule has 1 aromatic rings. The Kier molecular flexibility index (Phi) is 5.06. The quantitative estimate of drug-likeness (QED) is 0.902. The lowest BCUT2D eigenvalue weighted by Gasteiger charge is -2.25. The second-order valence-electron chi connectivity index (χ2n) is 5.11. The van der Waals surface area contributed by atoms with Gasteiger partial charge in [-0.15, -0.1) is 0 Å². The van der Waals surface area contributed by atoms with Crippen LogP contribution in [0.1, 0.15) is 18.4 Å². The predicted octanol–water partition coefficient (Wildman–Crippen LogP) is 2.73. The molecular formula is C13H16ClF3N2O2S. The SMILES string of the molecule is CNC[C@@H]1CCCN1S(=O)(=O)c1ccc(Cl)cc1C(F)(F)F. The molecule has 1 aliphatic heterocycles. The fourth-order valence-corrected chi connectivity index (χ4v) is 4.70. The van der Waals surface area contributed by atoms with Gasteiger partial charge in [0.25, 0.3) is 0 Å². The van der Waals surface area contributed by atoms with Crippen molar-refractivity contribution in [3.8, 4) is 0 Å². The maximum absolute atomic E-state index is 13.1. The van der Waals surface area contributed by atoms with Crippen molar-refractivity contribution >= 4 is 21.6 Å². The number of sulfonamides is 1. The molecule has 0 bridgehead atoms. The van der Waals surface area contributed by atoms with E-state index in [1.54, 1.807) is 7.05 Å². The highest BCUT2D eigenvalue weighted by Gasteiger charge is 2.42. The Balaban J connectivity index is 2.50. The molecule has 1 heterocycles. The van der Waals surface area contributed by atoms with Gasteiger partial charge in [-0.3, -0.25) is 0 Å². The number of alkyl halides is 3. The van der Waals surface area contributed by atoms with Gasteiger partial charge in [0.15, 0.2) is 0 Å². The molecule has 1 aromatic carbocycles. The number of likely N-dealkylation sites (N-methyl/N-ethyl adjacent to an activating group) is 1. The van der Waals surface area contributed by atoms with Crippen LogP contribution in [0.15, 0.2) is 23.1 Å². The van der Waals surface area contributed by atoms with E-state index in [0.717, 1.165) is 16.4 Å². The molecule has 0 amide bonds. The third-order valence-corrected chi connectivity index (χ3v) is 5.84. The van der Waals surface area contributed by atoms with E-state index in [2.05, 4.69) is 5.32 Å². The van der Waals surface area contributed by atoms with E-state index in [4.69, 9.17) is 11.6 Å². The molecule has 0 radical (unpaired) electrons. The molecular weight excluding hydrogens is 341 g/mol. The van der Waals surface area contributed by atoms with Crippen LogP contribution in [0.5, 0.6) is 0 Å². The largest absolute Gasteiger partial charge is 0.417 e. The van der Waals surface area contributed by atoms with Gasteiger partial charge >= 0.3 is 6.18 Å². The third-order valence-electron chi connectivity index (χ3n) is 3.60. The predicted molar refractivity (Wildman–Crippen MR) is 77.3 cm³/mol. The maximum Gasteiger partial charge on any atom is 0.417 e. The van der Waals surface area contributed by atoms with Crippen LogP contribution in [0.3, 0.4) is 0 Å². The smallest absolute Gasteiger partial charge is 0.318 e. The highest BCUT2D eigenvalue weighted by Crippen LogP contribution is 2.38. The average Bonchev–Trinajstić information content (AvgIpc) is 2.87. The Labute approximate surface area is 132 Å². The molecule has 0 unspecified atom stereocenters. The van der Waals surface area contributed by atoms with Gasteiger partial charge in [0.05, 0.1) is 10.5 Å². The van der Waals surface area contributed by atoms with Crippen molar-refractivity contribution in [2.24, 2.45) is 0 Å². The summed E-state index contributed by atoms with van der Waals surface area (Å²) >= 11 is 5.59. The first-order chi connectivity index (χ1) is 10.2. The molecule has 4 nitrogen and oxygen atoms in total. The van der Waals surface area contributed by atoms with Crippen LogP contribution in [0.2, 0.25) is 5.02 Å². The summed E-state index contributed by atoms with van der Waals surface area (Å²) in [7, 11) is -2.55. The molecule has 0 aromatic heterocycles. The van der Waals surface area contributed by atoms with E-state index in [1.165, 1.54) is 0 Å². The molecule has 1 atom stereocenters. The first kappa shape index (κ1) is 17.5. The van der Waals surface area contributed by atoms with Crippen molar-refractivity contribution in [3.05, 3.63) is 28.8 Å². The van der Waals surface area contributed by atoms with Crippen LogP contribution in [0.25, 0.3) is 0 Å². The number of nitrogens with zero attached hydrogens (tertiary/aromatic N) is 1. The van der Waals surface area contributed by atoms with Crippen molar-refractivity contribution in [3.63, 3.8) is 0 Å². The van der Waals surface area contributed by atoms with Crippen molar-refractivity contribution in [2.45, 2.75) is 30.0 Å². The number of hydrogen-bond donors (Lipinski definition) is 1.